The molecule has 0 saturated carbocycles. The molecule has 0 unspecified atom stereocenters. The van der Waals surface area contributed by atoms with Crippen molar-refractivity contribution in [3.05, 3.63) is 53.7 Å². The zero-order valence-corrected chi connectivity index (χ0v) is 12.1. The van der Waals surface area contributed by atoms with Crippen LogP contribution in [0.15, 0.2) is 36.8 Å². The molecule has 1 fully saturated rings. The van der Waals surface area contributed by atoms with Crippen LogP contribution in [0.2, 0.25) is 0 Å². The molecule has 5 nitrogen and oxygen atoms in total. The molecule has 112 valence electrons. The van der Waals surface area contributed by atoms with Crippen LogP contribution in [-0.4, -0.2) is 41.0 Å². The Morgan fingerprint density at radius 3 is 2.64 bits per heavy atom. The summed E-state index contributed by atoms with van der Waals surface area (Å²) >= 11 is 0. The maximum Gasteiger partial charge on any atom is 0.147 e. The van der Waals surface area contributed by atoms with Crippen LogP contribution >= 0.6 is 0 Å². The van der Waals surface area contributed by atoms with Crippen molar-refractivity contribution in [1.29, 1.82) is 5.26 Å². The van der Waals surface area contributed by atoms with Crippen molar-refractivity contribution in [2.45, 2.75) is 6.54 Å². The summed E-state index contributed by atoms with van der Waals surface area (Å²) in [4.78, 5) is 12.8. The van der Waals surface area contributed by atoms with Crippen molar-refractivity contribution in [2.24, 2.45) is 0 Å². The summed E-state index contributed by atoms with van der Waals surface area (Å²) in [5.74, 6) is 0.571. The number of hydrogen-bond donors (Lipinski definition) is 0. The Balaban J connectivity index is 1.59. The van der Waals surface area contributed by atoms with Crippen LogP contribution in [0.1, 0.15) is 11.1 Å². The van der Waals surface area contributed by atoms with Crippen molar-refractivity contribution in [2.75, 3.05) is 31.1 Å². The predicted octanol–water partition coefficient (Wildman–Crippen LogP) is 1.81. The van der Waals surface area contributed by atoms with Crippen molar-refractivity contribution in [3.63, 3.8) is 0 Å². The van der Waals surface area contributed by atoms with E-state index >= 15 is 0 Å². The van der Waals surface area contributed by atoms with Crippen LogP contribution in [0.4, 0.5) is 10.2 Å². The minimum Gasteiger partial charge on any atom is -0.353 e. The summed E-state index contributed by atoms with van der Waals surface area (Å²) in [6.07, 6.45) is 5.11. The lowest BCUT2D eigenvalue weighted by molar-refractivity contribution is 0.246. The van der Waals surface area contributed by atoms with Crippen molar-refractivity contribution >= 4 is 5.82 Å². The third-order valence-electron chi connectivity index (χ3n) is 3.82. The van der Waals surface area contributed by atoms with Crippen molar-refractivity contribution < 1.29 is 4.39 Å². The normalized spacial score (nSPS) is 15.5. The van der Waals surface area contributed by atoms with Gasteiger partial charge in [0.15, 0.2) is 0 Å². The number of aromatic nitrogens is 2. The van der Waals surface area contributed by atoms with Gasteiger partial charge in [-0.1, -0.05) is 6.07 Å². The Morgan fingerprint density at radius 1 is 1.18 bits per heavy atom. The van der Waals surface area contributed by atoms with E-state index in [9.17, 15) is 4.39 Å². The van der Waals surface area contributed by atoms with E-state index in [4.69, 9.17) is 5.26 Å². The second kappa shape index (κ2) is 6.50. The lowest BCUT2D eigenvalue weighted by Gasteiger charge is -2.35. The Morgan fingerprint density at radius 2 is 2.00 bits per heavy atom. The van der Waals surface area contributed by atoms with Crippen molar-refractivity contribution in [1.82, 2.24) is 14.9 Å². The molecule has 0 bridgehead atoms. The van der Waals surface area contributed by atoms with E-state index in [0.29, 0.717) is 17.7 Å². The molecule has 1 aromatic heterocycles. The predicted molar refractivity (Wildman–Crippen MR) is 80.6 cm³/mol. The van der Waals surface area contributed by atoms with Gasteiger partial charge in [0.25, 0.3) is 0 Å². The van der Waals surface area contributed by atoms with Gasteiger partial charge in [-0.2, -0.15) is 5.26 Å². The lowest BCUT2D eigenvalue weighted by atomic mass is 10.1. The number of piperazine rings is 1. The number of hydrogen-bond acceptors (Lipinski definition) is 5. The first-order valence-corrected chi connectivity index (χ1v) is 7.18. The fourth-order valence-corrected chi connectivity index (χ4v) is 2.58. The van der Waals surface area contributed by atoms with E-state index in [1.165, 1.54) is 6.07 Å². The topological polar surface area (TPSA) is 56.1 Å². The first-order chi connectivity index (χ1) is 10.8. The molecule has 0 N–H and O–H groups in total. The van der Waals surface area contributed by atoms with Crippen molar-refractivity contribution in [3.8, 4) is 6.07 Å². The first-order valence-electron chi connectivity index (χ1n) is 7.18. The summed E-state index contributed by atoms with van der Waals surface area (Å²) in [5, 5.41) is 8.77. The molecule has 6 heteroatoms. The standard InChI is InChI=1S/C16H16FN5/c17-15-9-13(10-18)1-2-14(15)12-21-5-7-22(8-6-21)16-11-19-3-4-20-16/h1-4,9,11H,5-8,12H2. The second-order valence-electron chi connectivity index (χ2n) is 5.24. The average Bonchev–Trinajstić information content (AvgIpc) is 2.58. The van der Waals surface area contributed by atoms with Gasteiger partial charge in [0.2, 0.25) is 0 Å². The molecule has 0 radical (unpaired) electrons. The number of nitrogens with zero attached hydrogens (tertiary/aromatic N) is 5. The molecule has 0 atom stereocenters. The maximum absolute atomic E-state index is 13.9. The zero-order chi connectivity index (χ0) is 15.4. The molecule has 1 aromatic carbocycles. The van der Waals surface area contributed by atoms with Gasteiger partial charge in [-0.15, -0.1) is 0 Å². The molecule has 0 amide bonds. The van der Waals surface area contributed by atoms with E-state index < -0.39 is 0 Å². The van der Waals surface area contributed by atoms with Gasteiger partial charge < -0.3 is 4.90 Å². The SMILES string of the molecule is N#Cc1ccc(CN2CCN(c3cnccn3)CC2)c(F)c1. The van der Waals surface area contributed by atoms with E-state index in [-0.39, 0.29) is 5.82 Å². The number of nitriles is 1. The average molecular weight is 297 g/mol. The monoisotopic (exact) mass is 297 g/mol. The Hall–Kier alpha value is -2.52. The Labute approximate surface area is 128 Å². The van der Waals surface area contributed by atoms with Crippen LogP contribution in [0.5, 0.6) is 0 Å². The lowest BCUT2D eigenvalue weighted by Crippen LogP contribution is -2.46. The summed E-state index contributed by atoms with van der Waals surface area (Å²) in [5.41, 5.74) is 0.987. The van der Waals surface area contributed by atoms with Crippen LogP contribution < -0.4 is 4.90 Å². The Bertz CT molecular complexity index is 675. The highest BCUT2D eigenvalue weighted by Crippen LogP contribution is 2.16. The smallest absolute Gasteiger partial charge is 0.147 e. The first kappa shape index (κ1) is 14.4. The van der Waals surface area contributed by atoms with Crippen LogP contribution in [0, 0.1) is 17.1 Å². The molecule has 0 spiro atoms. The molecule has 1 aliphatic rings. The highest BCUT2D eigenvalue weighted by Gasteiger charge is 2.19. The van der Waals surface area contributed by atoms with Crippen LogP contribution in [0.3, 0.4) is 0 Å². The maximum atomic E-state index is 13.9. The van der Waals surface area contributed by atoms with Gasteiger partial charge in [0.05, 0.1) is 17.8 Å². The van der Waals surface area contributed by atoms with Gasteiger partial charge in [-0.3, -0.25) is 9.88 Å². The molecule has 1 aliphatic heterocycles. The van der Waals surface area contributed by atoms with E-state index in [1.54, 1.807) is 30.7 Å². The summed E-state index contributed by atoms with van der Waals surface area (Å²) < 4.78 is 13.9. The van der Waals surface area contributed by atoms with Crippen LogP contribution in [0.25, 0.3) is 0 Å². The third-order valence-corrected chi connectivity index (χ3v) is 3.82. The molecular weight excluding hydrogens is 281 g/mol. The third kappa shape index (κ3) is 3.21. The highest BCUT2D eigenvalue weighted by atomic mass is 19.1. The molecule has 1 saturated heterocycles. The minimum atomic E-state index is -0.310. The fraction of sp³-hybridized carbons (Fsp3) is 0.312. The van der Waals surface area contributed by atoms with E-state index in [0.717, 1.165) is 32.0 Å². The van der Waals surface area contributed by atoms with Gasteiger partial charge in [0.1, 0.15) is 11.6 Å². The van der Waals surface area contributed by atoms with Gasteiger partial charge in [-0.05, 0) is 12.1 Å². The van der Waals surface area contributed by atoms with E-state index in [1.807, 2.05) is 6.07 Å². The molecule has 2 aromatic rings. The number of rotatable bonds is 3. The number of halogens is 1. The van der Waals surface area contributed by atoms with Gasteiger partial charge in [-0.25, -0.2) is 9.37 Å². The summed E-state index contributed by atoms with van der Waals surface area (Å²) in [7, 11) is 0. The number of anilines is 1. The highest BCUT2D eigenvalue weighted by molar-refractivity contribution is 5.36. The van der Waals surface area contributed by atoms with Crippen LogP contribution in [-0.2, 0) is 6.54 Å². The Kier molecular flexibility index (Phi) is 4.26. The largest absolute Gasteiger partial charge is 0.353 e. The number of benzene rings is 1. The zero-order valence-electron chi connectivity index (χ0n) is 12.1. The quantitative estimate of drug-likeness (QED) is 0.865. The second-order valence-corrected chi connectivity index (χ2v) is 5.24. The molecule has 2 heterocycles. The minimum absolute atomic E-state index is 0.310. The molecule has 3 rings (SSSR count). The molecule has 22 heavy (non-hydrogen) atoms. The molecular formula is C16H16FN5. The molecule has 0 aliphatic carbocycles. The van der Waals surface area contributed by atoms with E-state index in [2.05, 4.69) is 19.8 Å². The summed E-state index contributed by atoms with van der Waals surface area (Å²) in [6.45, 7) is 3.94. The summed E-state index contributed by atoms with van der Waals surface area (Å²) in [6, 6.07) is 6.60. The van der Waals surface area contributed by atoms with Gasteiger partial charge in [0, 0.05) is 50.7 Å². The van der Waals surface area contributed by atoms with Gasteiger partial charge >= 0.3 is 0 Å². The fourth-order valence-electron chi connectivity index (χ4n) is 2.58.